The molecule has 4 aromatic rings. The summed E-state index contributed by atoms with van der Waals surface area (Å²) in [6.07, 6.45) is 1.61. The molecule has 0 fully saturated rings. The highest BCUT2D eigenvalue weighted by molar-refractivity contribution is 7.99. The van der Waals surface area contributed by atoms with Crippen LogP contribution in [0.4, 0.5) is 0 Å². The molecular formula is C22H22N4O4S2. The molecule has 0 aliphatic heterocycles. The maximum Gasteiger partial charge on any atom is 0.242 e. The fraction of sp³-hybridized carbons (Fsp3) is 0.182. The molecule has 0 aliphatic rings. The number of nitrogens with zero attached hydrogens (tertiary/aromatic N) is 4. The first-order valence-corrected chi connectivity index (χ1v) is 12.2. The van der Waals surface area contributed by atoms with E-state index in [2.05, 4.69) is 10.2 Å². The standard InChI is InChI=1S/C22H22N4O4S2/c1-25(2)32(27,28)19-12-10-18(11-13-19)29-15-16-31-22-24-23-21(20-9-6-14-30-20)26(22)17-7-4-3-5-8-17/h3-14H,15-16H2,1-2H3. The number of ether oxygens (including phenoxy) is 1. The number of para-hydroxylation sites is 1. The normalized spacial score (nSPS) is 11.7. The molecule has 0 radical (unpaired) electrons. The predicted octanol–water partition coefficient (Wildman–Crippen LogP) is 3.95. The van der Waals surface area contributed by atoms with Crippen LogP contribution in [0.2, 0.25) is 0 Å². The maximum absolute atomic E-state index is 12.2. The molecule has 0 atom stereocenters. The van der Waals surface area contributed by atoms with Crippen molar-refractivity contribution in [1.29, 1.82) is 0 Å². The molecule has 166 valence electrons. The van der Waals surface area contributed by atoms with Crippen LogP contribution in [-0.4, -0.2) is 53.9 Å². The van der Waals surface area contributed by atoms with Crippen molar-refractivity contribution in [2.45, 2.75) is 10.1 Å². The summed E-state index contributed by atoms with van der Waals surface area (Å²) < 4.78 is 38.7. The van der Waals surface area contributed by atoms with Gasteiger partial charge in [0.15, 0.2) is 10.9 Å². The summed E-state index contributed by atoms with van der Waals surface area (Å²) in [4.78, 5) is 0.227. The van der Waals surface area contributed by atoms with Gasteiger partial charge in [-0.05, 0) is 48.5 Å². The molecule has 0 spiro atoms. The van der Waals surface area contributed by atoms with Crippen LogP contribution < -0.4 is 4.74 Å². The Bertz CT molecular complexity index is 1250. The van der Waals surface area contributed by atoms with E-state index in [1.54, 1.807) is 30.5 Å². The van der Waals surface area contributed by atoms with E-state index in [0.29, 0.717) is 29.7 Å². The van der Waals surface area contributed by atoms with Gasteiger partial charge in [-0.3, -0.25) is 4.57 Å². The minimum absolute atomic E-state index is 0.227. The van der Waals surface area contributed by atoms with Gasteiger partial charge in [-0.2, -0.15) is 0 Å². The first kappa shape index (κ1) is 22.1. The zero-order chi connectivity index (χ0) is 22.6. The third kappa shape index (κ3) is 4.72. The Morgan fingerprint density at radius 2 is 1.75 bits per heavy atom. The molecule has 0 saturated carbocycles. The van der Waals surface area contributed by atoms with E-state index in [-0.39, 0.29) is 4.90 Å². The van der Waals surface area contributed by atoms with Gasteiger partial charge in [-0.1, -0.05) is 30.0 Å². The number of thioether (sulfide) groups is 1. The highest BCUT2D eigenvalue weighted by Gasteiger charge is 2.18. The largest absolute Gasteiger partial charge is 0.493 e. The second-order valence-electron chi connectivity index (χ2n) is 6.91. The van der Waals surface area contributed by atoms with Crippen LogP contribution in [0.15, 0.2) is 87.5 Å². The van der Waals surface area contributed by atoms with Gasteiger partial charge in [-0.25, -0.2) is 12.7 Å². The number of aromatic nitrogens is 3. The molecule has 0 saturated heterocycles. The Balaban J connectivity index is 1.43. The van der Waals surface area contributed by atoms with Crippen molar-refractivity contribution in [2.24, 2.45) is 0 Å². The van der Waals surface area contributed by atoms with Gasteiger partial charge in [-0.15, -0.1) is 10.2 Å². The van der Waals surface area contributed by atoms with Crippen LogP contribution >= 0.6 is 11.8 Å². The Hall–Kier alpha value is -3.08. The molecule has 0 unspecified atom stereocenters. The molecule has 2 aromatic heterocycles. The van der Waals surface area contributed by atoms with Crippen LogP contribution in [-0.2, 0) is 10.0 Å². The lowest BCUT2D eigenvalue weighted by Gasteiger charge is -2.12. The summed E-state index contributed by atoms with van der Waals surface area (Å²) in [5.41, 5.74) is 0.935. The summed E-state index contributed by atoms with van der Waals surface area (Å²) >= 11 is 1.51. The van der Waals surface area contributed by atoms with Crippen molar-refractivity contribution in [3.8, 4) is 23.0 Å². The van der Waals surface area contributed by atoms with Gasteiger partial charge in [0, 0.05) is 25.5 Å². The summed E-state index contributed by atoms with van der Waals surface area (Å²) in [6, 6.07) is 19.9. The molecule has 8 nitrogen and oxygen atoms in total. The minimum Gasteiger partial charge on any atom is -0.493 e. The Kier molecular flexibility index (Phi) is 6.63. The predicted molar refractivity (Wildman–Crippen MR) is 123 cm³/mol. The second kappa shape index (κ2) is 9.60. The molecule has 10 heteroatoms. The van der Waals surface area contributed by atoms with E-state index in [9.17, 15) is 8.42 Å². The topological polar surface area (TPSA) is 90.5 Å². The first-order valence-electron chi connectivity index (χ1n) is 9.80. The van der Waals surface area contributed by atoms with Gasteiger partial charge in [0.1, 0.15) is 5.75 Å². The van der Waals surface area contributed by atoms with Crippen molar-refractivity contribution in [2.75, 3.05) is 26.5 Å². The third-order valence-electron chi connectivity index (χ3n) is 4.57. The van der Waals surface area contributed by atoms with Crippen LogP contribution in [0.25, 0.3) is 17.3 Å². The SMILES string of the molecule is CN(C)S(=O)(=O)c1ccc(OCCSc2nnc(-c3ccco3)n2-c2ccccc2)cc1. The minimum atomic E-state index is -3.45. The van der Waals surface area contributed by atoms with E-state index < -0.39 is 10.0 Å². The van der Waals surface area contributed by atoms with Crippen molar-refractivity contribution >= 4 is 21.8 Å². The molecular weight excluding hydrogens is 448 g/mol. The van der Waals surface area contributed by atoms with E-state index in [0.717, 1.165) is 10.8 Å². The van der Waals surface area contributed by atoms with Crippen LogP contribution in [0.1, 0.15) is 0 Å². The lowest BCUT2D eigenvalue weighted by Crippen LogP contribution is -2.22. The molecule has 0 bridgehead atoms. The van der Waals surface area contributed by atoms with Gasteiger partial charge in [0.2, 0.25) is 15.8 Å². The molecule has 0 N–H and O–H groups in total. The van der Waals surface area contributed by atoms with E-state index >= 15 is 0 Å². The lowest BCUT2D eigenvalue weighted by molar-refractivity contribution is 0.343. The number of sulfonamides is 1. The smallest absolute Gasteiger partial charge is 0.242 e. The molecule has 32 heavy (non-hydrogen) atoms. The first-order chi connectivity index (χ1) is 15.5. The summed E-state index contributed by atoms with van der Waals surface area (Å²) in [7, 11) is -0.449. The van der Waals surface area contributed by atoms with Crippen LogP contribution in [0, 0.1) is 0 Å². The van der Waals surface area contributed by atoms with Crippen LogP contribution in [0.5, 0.6) is 5.75 Å². The molecule has 0 aliphatic carbocycles. The molecule has 2 aromatic carbocycles. The van der Waals surface area contributed by atoms with Gasteiger partial charge >= 0.3 is 0 Å². The zero-order valence-electron chi connectivity index (χ0n) is 17.6. The van der Waals surface area contributed by atoms with E-state index in [4.69, 9.17) is 9.15 Å². The molecule has 2 heterocycles. The number of furan rings is 1. The van der Waals surface area contributed by atoms with E-state index in [1.807, 2.05) is 47.0 Å². The zero-order valence-corrected chi connectivity index (χ0v) is 19.2. The Morgan fingerprint density at radius 3 is 2.41 bits per heavy atom. The monoisotopic (exact) mass is 470 g/mol. The van der Waals surface area contributed by atoms with Gasteiger partial charge in [0.25, 0.3) is 0 Å². The highest BCUT2D eigenvalue weighted by Crippen LogP contribution is 2.28. The number of hydrogen-bond acceptors (Lipinski definition) is 7. The van der Waals surface area contributed by atoms with E-state index in [1.165, 1.54) is 30.2 Å². The molecule has 4 rings (SSSR count). The highest BCUT2D eigenvalue weighted by atomic mass is 32.2. The van der Waals surface area contributed by atoms with Crippen molar-refractivity contribution in [3.05, 3.63) is 73.0 Å². The number of benzene rings is 2. The average Bonchev–Trinajstić information content (AvgIpc) is 3.47. The fourth-order valence-electron chi connectivity index (χ4n) is 2.95. The van der Waals surface area contributed by atoms with Crippen molar-refractivity contribution in [3.63, 3.8) is 0 Å². The fourth-order valence-corrected chi connectivity index (χ4v) is 4.62. The lowest BCUT2D eigenvalue weighted by atomic mass is 10.3. The summed E-state index contributed by atoms with van der Waals surface area (Å²) in [5.74, 6) is 2.49. The van der Waals surface area contributed by atoms with Crippen molar-refractivity contribution < 1.29 is 17.6 Å². The summed E-state index contributed by atoms with van der Waals surface area (Å²) in [6.45, 7) is 0.419. The number of rotatable bonds is 9. The Morgan fingerprint density at radius 1 is 1.00 bits per heavy atom. The van der Waals surface area contributed by atoms with Crippen LogP contribution in [0.3, 0.4) is 0 Å². The second-order valence-corrected chi connectivity index (χ2v) is 10.1. The van der Waals surface area contributed by atoms with Gasteiger partial charge in [0.05, 0.1) is 17.8 Å². The van der Waals surface area contributed by atoms with Crippen molar-refractivity contribution in [1.82, 2.24) is 19.1 Å². The maximum atomic E-state index is 12.2. The summed E-state index contributed by atoms with van der Waals surface area (Å²) in [5, 5.41) is 9.37. The van der Waals surface area contributed by atoms with Gasteiger partial charge < -0.3 is 9.15 Å². The average molecular weight is 471 g/mol. The quantitative estimate of drug-likeness (QED) is 0.270. The third-order valence-corrected chi connectivity index (χ3v) is 7.30. The Labute approximate surface area is 190 Å². The number of hydrogen-bond donors (Lipinski definition) is 0. The molecule has 0 amide bonds.